The number of benzene rings is 2. The fourth-order valence-electron chi connectivity index (χ4n) is 2.53. The SMILES string of the molecule is CC[C@H](NC(=O)COC(=O)Cc1ccc(C)cc1)c1ccc(C)cc1. The zero-order valence-corrected chi connectivity index (χ0v) is 15.0. The summed E-state index contributed by atoms with van der Waals surface area (Å²) in [4.78, 5) is 23.9. The van der Waals surface area contributed by atoms with E-state index in [0.29, 0.717) is 0 Å². The molecule has 4 nitrogen and oxygen atoms in total. The predicted molar refractivity (Wildman–Crippen MR) is 98.2 cm³/mol. The maximum Gasteiger partial charge on any atom is 0.310 e. The van der Waals surface area contributed by atoms with Gasteiger partial charge in [0, 0.05) is 0 Å². The molecule has 0 aliphatic carbocycles. The second-order valence-electron chi connectivity index (χ2n) is 6.26. The molecule has 0 radical (unpaired) electrons. The highest BCUT2D eigenvalue weighted by atomic mass is 16.5. The standard InChI is InChI=1S/C21H25NO3/c1-4-19(18-11-7-16(3)8-12-18)22-20(23)14-25-21(24)13-17-9-5-15(2)6-10-17/h5-12,19H,4,13-14H2,1-3H3,(H,22,23)/t19-/m0/s1. The molecule has 0 fully saturated rings. The number of carbonyl (C=O) groups excluding carboxylic acids is 2. The van der Waals surface area contributed by atoms with Crippen LogP contribution in [0.2, 0.25) is 0 Å². The van der Waals surface area contributed by atoms with Gasteiger partial charge in [-0.15, -0.1) is 0 Å². The molecule has 1 atom stereocenters. The Morgan fingerprint density at radius 3 is 2.08 bits per heavy atom. The molecule has 0 aliphatic rings. The van der Waals surface area contributed by atoms with Crippen molar-refractivity contribution in [3.05, 3.63) is 70.8 Å². The van der Waals surface area contributed by atoms with Crippen molar-refractivity contribution in [2.24, 2.45) is 0 Å². The van der Waals surface area contributed by atoms with Gasteiger partial charge in [0.1, 0.15) is 0 Å². The molecule has 0 spiro atoms. The number of nitrogens with one attached hydrogen (secondary N) is 1. The highest BCUT2D eigenvalue weighted by Gasteiger charge is 2.14. The molecule has 25 heavy (non-hydrogen) atoms. The van der Waals surface area contributed by atoms with E-state index in [4.69, 9.17) is 4.74 Å². The van der Waals surface area contributed by atoms with Crippen molar-refractivity contribution in [3.8, 4) is 0 Å². The van der Waals surface area contributed by atoms with Crippen LogP contribution in [0.3, 0.4) is 0 Å². The first-order chi connectivity index (χ1) is 12.0. The fourth-order valence-corrected chi connectivity index (χ4v) is 2.53. The molecule has 2 aromatic carbocycles. The van der Waals surface area contributed by atoms with Crippen LogP contribution in [0.25, 0.3) is 0 Å². The van der Waals surface area contributed by atoms with Crippen molar-refractivity contribution in [2.45, 2.75) is 39.7 Å². The van der Waals surface area contributed by atoms with Crippen molar-refractivity contribution in [3.63, 3.8) is 0 Å². The van der Waals surface area contributed by atoms with Gasteiger partial charge in [-0.25, -0.2) is 0 Å². The monoisotopic (exact) mass is 339 g/mol. The maximum atomic E-state index is 12.1. The quantitative estimate of drug-likeness (QED) is 0.783. The van der Waals surface area contributed by atoms with Crippen molar-refractivity contribution in [1.82, 2.24) is 5.32 Å². The van der Waals surface area contributed by atoms with Crippen LogP contribution in [0.1, 0.15) is 41.6 Å². The Bertz CT molecular complexity index is 705. The molecular formula is C21H25NO3. The Hall–Kier alpha value is -2.62. The van der Waals surface area contributed by atoms with Crippen LogP contribution >= 0.6 is 0 Å². The van der Waals surface area contributed by atoms with E-state index < -0.39 is 5.97 Å². The summed E-state index contributed by atoms with van der Waals surface area (Å²) in [7, 11) is 0. The summed E-state index contributed by atoms with van der Waals surface area (Å²) in [5.74, 6) is -0.688. The van der Waals surface area contributed by atoms with Crippen molar-refractivity contribution in [2.75, 3.05) is 6.61 Å². The average Bonchev–Trinajstić information content (AvgIpc) is 2.61. The molecule has 0 saturated carbocycles. The number of ether oxygens (including phenoxy) is 1. The normalized spacial score (nSPS) is 11.6. The van der Waals surface area contributed by atoms with Gasteiger partial charge in [-0.1, -0.05) is 66.6 Å². The Labute approximate surface area is 149 Å². The van der Waals surface area contributed by atoms with Crippen LogP contribution in [-0.4, -0.2) is 18.5 Å². The molecule has 2 rings (SSSR count). The number of carbonyl (C=O) groups is 2. The zero-order chi connectivity index (χ0) is 18.2. The number of rotatable bonds is 7. The molecule has 0 aromatic heterocycles. The Morgan fingerprint density at radius 1 is 0.960 bits per heavy atom. The van der Waals surface area contributed by atoms with Crippen LogP contribution in [0.4, 0.5) is 0 Å². The average molecular weight is 339 g/mol. The molecule has 2 aromatic rings. The van der Waals surface area contributed by atoms with Gasteiger partial charge in [0.15, 0.2) is 6.61 Å². The minimum Gasteiger partial charge on any atom is -0.455 e. The lowest BCUT2D eigenvalue weighted by Crippen LogP contribution is -2.32. The van der Waals surface area contributed by atoms with Gasteiger partial charge in [0.25, 0.3) is 5.91 Å². The molecule has 1 N–H and O–H groups in total. The highest BCUT2D eigenvalue weighted by Crippen LogP contribution is 2.17. The number of hydrogen-bond donors (Lipinski definition) is 1. The van der Waals surface area contributed by atoms with Crippen LogP contribution < -0.4 is 5.32 Å². The number of hydrogen-bond acceptors (Lipinski definition) is 3. The molecule has 0 unspecified atom stereocenters. The third-order valence-electron chi connectivity index (χ3n) is 4.06. The van der Waals surface area contributed by atoms with Crippen molar-refractivity contribution < 1.29 is 14.3 Å². The Morgan fingerprint density at radius 2 is 1.52 bits per heavy atom. The largest absolute Gasteiger partial charge is 0.455 e. The van der Waals surface area contributed by atoms with Gasteiger partial charge in [-0.2, -0.15) is 0 Å². The first-order valence-corrected chi connectivity index (χ1v) is 8.55. The smallest absolute Gasteiger partial charge is 0.310 e. The van der Waals surface area contributed by atoms with E-state index in [-0.39, 0.29) is 25.0 Å². The van der Waals surface area contributed by atoms with E-state index in [1.54, 1.807) is 0 Å². The predicted octanol–water partition coefficient (Wildman–Crippen LogP) is 3.66. The molecule has 0 bridgehead atoms. The summed E-state index contributed by atoms with van der Waals surface area (Å²) >= 11 is 0. The third-order valence-corrected chi connectivity index (χ3v) is 4.06. The van der Waals surface area contributed by atoms with Crippen molar-refractivity contribution in [1.29, 1.82) is 0 Å². The van der Waals surface area contributed by atoms with Crippen LogP contribution in [0.15, 0.2) is 48.5 Å². The Kier molecular flexibility index (Phi) is 6.75. The third kappa shape index (κ3) is 6.07. The van der Waals surface area contributed by atoms with Crippen LogP contribution in [0.5, 0.6) is 0 Å². The first-order valence-electron chi connectivity index (χ1n) is 8.55. The molecule has 1 amide bonds. The van der Waals surface area contributed by atoms with Gasteiger partial charge < -0.3 is 10.1 Å². The van der Waals surface area contributed by atoms with E-state index in [1.165, 1.54) is 5.56 Å². The lowest BCUT2D eigenvalue weighted by atomic mass is 10.0. The number of amides is 1. The molecular weight excluding hydrogens is 314 g/mol. The minimum atomic E-state index is -0.401. The van der Waals surface area contributed by atoms with Gasteiger partial charge in [-0.3, -0.25) is 9.59 Å². The molecule has 0 aliphatic heterocycles. The van der Waals surface area contributed by atoms with Gasteiger partial charge >= 0.3 is 5.97 Å². The number of esters is 1. The summed E-state index contributed by atoms with van der Waals surface area (Å²) < 4.78 is 5.09. The van der Waals surface area contributed by atoms with E-state index in [2.05, 4.69) is 5.32 Å². The topological polar surface area (TPSA) is 55.4 Å². The van der Waals surface area contributed by atoms with Gasteiger partial charge in [0.05, 0.1) is 12.5 Å². The van der Waals surface area contributed by atoms with Gasteiger partial charge in [0.2, 0.25) is 0 Å². The summed E-state index contributed by atoms with van der Waals surface area (Å²) in [6.45, 7) is 5.77. The minimum absolute atomic E-state index is 0.0797. The second kappa shape index (κ2) is 9.02. The van der Waals surface area contributed by atoms with Crippen molar-refractivity contribution >= 4 is 11.9 Å². The van der Waals surface area contributed by atoms with E-state index in [9.17, 15) is 9.59 Å². The second-order valence-corrected chi connectivity index (χ2v) is 6.26. The molecule has 4 heteroatoms. The lowest BCUT2D eigenvalue weighted by Gasteiger charge is -2.17. The van der Waals surface area contributed by atoms with Crippen LogP contribution in [0, 0.1) is 13.8 Å². The summed E-state index contributed by atoms with van der Waals surface area (Å²) in [5.41, 5.74) is 4.24. The zero-order valence-electron chi connectivity index (χ0n) is 15.0. The summed E-state index contributed by atoms with van der Waals surface area (Å²) in [6, 6.07) is 15.6. The van der Waals surface area contributed by atoms with E-state index in [1.807, 2.05) is 69.3 Å². The molecule has 0 heterocycles. The lowest BCUT2D eigenvalue weighted by molar-refractivity contribution is -0.148. The summed E-state index contributed by atoms with van der Waals surface area (Å²) in [6.07, 6.45) is 0.939. The molecule has 0 saturated heterocycles. The maximum absolute atomic E-state index is 12.1. The van der Waals surface area contributed by atoms with Crippen LogP contribution in [-0.2, 0) is 20.7 Å². The van der Waals surface area contributed by atoms with E-state index >= 15 is 0 Å². The number of aryl methyl sites for hydroxylation is 2. The fraction of sp³-hybridized carbons (Fsp3) is 0.333. The summed E-state index contributed by atoms with van der Waals surface area (Å²) in [5, 5.41) is 2.91. The first kappa shape index (κ1) is 18.7. The molecule has 132 valence electrons. The van der Waals surface area contributed by atoms with E-state index in [0.717, 1.165) is 23.1 Å². The van der Waals surface area contributed by atoms with Gasteiger partial charge in [-0.05, 0) is 31.4 Å². The highest BCUT2D eigenvalue weighted by molar-refractivity contribution is 5.81. The Balaban J connectivity index is 1.81.